The molecule has 0 saturated carbocycles. The van der Waals surface area contributed by atoms with Crippen molar-refractivity contribution in [1.29, 1.82) is 0 Å². The van der Waals surface area contributed by atoms with Gasteiger partial charge in [0, 0.05) is 6.07 Å². The Morgan fingerprint density at radius 2 is 2.00 bits per heavy atom. The molecule has 1 rings (SSSR count). The Labute approximate surface area is 71.7 Å². The second-order valence-electron chi connectivity index (χ2n) is 1.95. The summed E-state index contributed by atoms with van der Waals surface area (Å²) in [6, 6.07) is 3.11. The molecule has 1 nitrogen and oxygen atoms in total. The van der Waals surface area contributed by atoms with Crippen LogP contribution in [0.2, 0.25) is 5.02 Å². The zero-order valence-corrected chi connectivity index (χ0v) is 6.49. The Bertz CT molecular complexity index is 277. The summed E-state index contributed by atoms with van der Waals surface area (Å²) in [5.74, 6) is -1.03. The molecule has 66 valence electrons. The molecule has 0 saturated heterocycles. The molecule has 5 heteroatoms. The van der Waals surface area contributed by atoms with E-state index in [2.05, 4.69) is 4.74 Å². The SMILES string of the molecule is Fc1cc(OC(F)F)ccc1Cl. The van der Waals surface area contributed by atoms with Gasteiger partial charge in [-0.05, 0) is 12.1 Å². The van der Waals surface area contributed by atoms with Gasteiger partial charge in [-0.25, -0.2) is 4.39 Å². The van der Waals surface area contributed by atoms with Gasteiger partial charge in [0.1, 0.15) is 11.6 Å². The molecular weight excluding hydrogens is 193 g/mol. The summed E-state index contributed by atoms with van der Waals surface area (Å²) in [4.78, 5) is 0. The molecule has 0 radical (unpaired) electrons. The van der Waals surface area contributed by atoms with Crippen LogP contribution in [0.25, 0.3) is 0 Å². The second kappa shape index (κ2) is 3.67. The Kier molecular flexibility index (Phi) is 2.81. The maximum atomic E-state index is 12.6. The highest BCUT2D eigenvalue weighted by molar-refractivity contribution is 6.30. The van der Waals surface area contributed by atoms with Crippen LogP contribution in [0, 0.1) is 5.82 Å². The lowest BCUT2D eigenvalue weighted by atomic mass is 10.3. The Morgan fingerprint density at radius 1 is 1.33 bits per heavy atom. The monoisotopic (exact) mass is 196 g/mol. The van der Waals surface area contributed by atoms with Crippen molar-refractivity contribution in [2.75, 3.05) is 0 Å². The van der Waals surface area contributed by atoms with Crippen molar-refractivity contribution in [2.24, 2.45) is 0 Å². The minimum Gasteiger partial charge on any atom is -0.435 e. The number of hydrogen-bond donors (Lipinski definition) is 0. The van der Waals surface area contributed by atoms with E-state index < -0.39 is 12.4 Å². The van der Waals surface area contributed by atoms with E-state index in [1.807, 2.05) is 0 Å². The van der Waals surface area contributed by atoms with Gasteiger partial charge >= 0.3 is 6.61 Å². The van der Waals surface area contributed by atoms with Crippen LogP contribution in [-0.2, 0) is 0 Å². The summed E-state index contributed by atoms with van der Waals surface area (Å²) in [6.07, 6.45) is 0. The summed E-state index contributed by atoms with van der Waals surface area (Å²) in [7, 11) is 0. The molecule has 12 heavy (non-hydrogen) atoms. The molecule has 1 aromatic carbocycles. The standard InChI is InChI=1S/C7H4ClF3O/c8-5-2-1-4(3-6(5)9)12-7(10)11/h1-3,7H. The summed E-state index contributed by atoms with van der Waals surface area (Å²) >= 11 is 5.30. The molecule has 0 fully saturated rings. The summed E-state index contributed by atoms with van der Waals surface area (Å²) < 4.78 is 39.6. The lowest BCUT2D eigenvalue weighted by Crippen LogP contribution is -2.01. The second-order valence-corrected chi connectivity index (χ2v) is 2.36. The lowest BCUT2D eigenvalue weighted by Gasteiger charge is -2.03. The molecule has 0 amide bonds. The molecule has 0 N–H and O–H groups in total. The van der Waals surface area contributed by atoms with Crippen LogP contribution < -0.4 is 4.74 Å². The van der Waals surface area contributed by atoms with Gasteiger partial charge in [-0.2, -0.15) is 8.78 Å². The number of hydrogen-bond acceptors (Lipinski definition) is 1. The number of ether oxygens (including phenoxy) is 1. The van der Waals surface area contributed by atoms with Crippen LogP contribution >= 0.6 is 11.6 Å². The maximum Gasteiger partial charge on any atom is 0.387 e. The molecule has 0 bridgehead atoms. The molecule has 0 spiro atoms. The molecule has 0 aliphatic carbocycles. The number of benzene rings is 1. The molecule has 0 aliphatic heterocycles. The maximum absolute atomic E-state index is 12.6. The normalized spacial score (nSPS) is 10.4. The minimum atomic E-state index is -2.95. The number of halogens is 4. The molecule has 0 atom stereocenters. The van der Waals surface area contributed by atoms with E-state index in [1.165, 1.54) is 0 Å². The van der Waals surface area contributed by atoms with Gasteiger partial charge in [0.05, 0.1) is 5.02 Å². The van der Waals surface area contributed by atoms with Gasteiger partial charge in [-0.1, -0.05) is 11.6 Å². The summed E-state index contributed by atoms with van der Waals surface area (Å²) in [5, 5.41) is -0.128. The van der Waals surface area contributed by atoms with E-state index >= 15 is 0 Å². The van der Waals surface area contributed by atoms with Crippen LogP contribution in [0.5, 0.6) is 5.75 Å². The number of rotatable bonds is 2. The highest BCUT2D eigenvalue weighted by Crippen LogP contribution is 2.21. The van der Waals surface area contributed by atoms with Crippen LogP contribution in [0.15, 0.2) is 18.2 Å². The van der Waals surface area contributed by atoms with Crippen LogP contribution in [0.1, 0.15) is 0 Å². The molecule has 1 aromatic rings. The van der Waals surface area contributed by atoms with Crippen molar-refractivity contribution in [3.63, 3.8) is 0 Å². The van der Waals surface area contributed by atoms with Gasteiger partial charge < -0.3 is 4.74 Å². The zero-order valence-electron chi connectivity index (χ0n) is 5.73. The van der Waals surface area contributed by atoms with Crippen molar-refractivity contribution >= 4 is 11.6 Å². The highest BCUT2D eigenvalue weighted by atomic mass is 35.5. The molecule has 0 aromatic heterocycles. The Morgan fingerprint density at radius 3 is 2.50 bits per heavy atom. The van der Waals surface area contributed by atoms with E-state index in [0.717, 1.165) is 18.2 Å². The fourth-order valence-corrected chi connectivity index (χ4v) is 0.771. The van der Waals surface area contributed by atoms with Crippen molar-refractivity contribution in [1.82, 2.24) is 0 Å². The fraction of sp³-hybridized carbons (Fsp3) is 0.143. The van der Waals surface area contributed by atoms with Gasteiger partial charge in [-0.3, -0.25) is 0 Å². The topological polar surface area (TPSA) is 9.23 Å². The molecule has 0 aliphatic rings. The van der Waals surface area contributed by atoms with Gasteiger partial charge in [0.2, 0.25) is 0 Å². The summed E-state index contributed by atoms with van der Waals surface area (Å²) in [6.45, 7) is -2.95. The lowest BCUT2D eigenvalue weighted by molar-refractivity contribution is -0.0499. The van der Waals surface area contributed by atoms with Crippen molar-refractivity contribution in [3.8, 4) is 5.75 Å². The largest absolute Gasteiger partial charge is 0.435 e. The van der Waals surface area contributed by atoms with Crippen molar-refractivity contribution in [2.45, 2.75) is 6.61 Å². The number of alkyl halides is 2. The van der Waals surface area contributed by atoms with Gasteiger partial charge in [0.25, 0.3) is 0 Å². The van der Waals surface area contributed by atoms with Crippen LogP contribution in [0.4, 0.5) is 13.2 Å². The van der Waals surface area contributed by atoms with E-state index in [-0.39, 0.29) is 10.8 Å². The fourth-order valence-electron chi connectivity index (χ4n) is 0.653. The summed E-state index contributed by atoms with van der Waals surface area (Å²) in [5.41, 5.74) is 0. The van der Waals surface area contributed by atoms with Crippen molar-refractivity contribution < 1.29 is 17.9 Å². The first-order valence-electron chi connectivity index (χ1n) is 2.99. The molecule has 0 heterocycles. The van der Waals surface area contributed by atoms with Gasteiger partial charge in [-0.15, -0.1) is 0 Å². The third kappa shape index (κ3) is 2.30. The zero-order chi connectivity index (χ0) is 9.14. The average molecular weight is 197 g/mol. The first kappa shape index (κ1) is 9.19. The minimum absolute atomic E-state index is 0.128. The van der Waals surface area contributed by atoms with E-state index in [4.69, 9.17) is 11.6 Å². The van der Waals surface area contributed by atoms with E-state index in [9.17, 15) is 13.2 Å². The third-order valence-corrected chi connectivity index (χ3v) is 1.42. The first-order valence-corrected chi connectivity index (χ1v) is 3.37. The average Bonchev–Trinajstić information content (AvgIpc) is 1.96. The van der Waals surface area contributed by atoms with Crippen molar-refractivity contribution in [3.05, 3.63) is 29.0 Å². The van der Waals surface area contributed by atoms with E-state index in [0.29, 0.717) is 0 Å². The van der Waals surface area contributed by atoms with Gasteiger partial charge in [0.15, 0.2) is 0 Å². The van der Waals surface area contributed by atoms with E-state index in [1.54, 1.807) is 0 Å². The smallest absolute Gasteiger partial charge is 0.387 e. The third-order valence-electron chi connectivity index (χ3n) is 1.12. The molecule has 0 unspecified atom stereocenters. The van der Waals surface area contributed by atoms with Crippen LogP contribution in [0.3, 0.4) is 0 Å². The molecular formula is C7H4ClF3O. The Balaban J connectivity index is 2.82. The first-order chi connectivity index (χ1) is 5.59. The highest BCUT2D eigenvalue weighted by Gasteiger charge is 2.06. The quantitative estimate of drug-likeness (QED) is 0.706. The van der Waals surface area contributed by atoms with Crippen LogP contribution in [-0.4, -0.2) is 6.61 Å². The Hall–Kier alpha value is -0.900. The predicted molar refractivity (Wildman–Crippen MR) is 38.0 cm³/mol. The predicted octanol–water partition coefficient (Wildman–Crippen LogP) is 3.08.